The van der Waals surface area contributed by atoms with E-state index in [4.69, 9.17) is 0 Å². The van der Waals surface area contributed by atoms with Crippen LogP contribution in [0.2, 0.25) is 0 Å². The molecule has 1 saturated carbocycles. The first-order chi connectivity index (χ1) is 9.66. The topological polar surface area (TPSA) is 17.1 Å². The van der Waals surface area contributed by atoms with E-state index in [9.17, 15) is 13.6 Å². The standard InChI is InChI=1S/C17H14F2O/c18-15-9-3-8-14(16(15)19)17(20)13-7-2-6-12(10-13)11-4-1-5-11/h2-3,6-11H,1,4-5H2. The lowest BCUT2D eigenvalue weighted by atomic mass is 9.79. The maximum Gasteiger partial charge on any atom is 0.196 e. The van der Waals surface area contributed by atoms with E-state index in [0.29, 0.717) is 11.5 Å². The zero-order valence-corrected chi connectivity index (χ0v) is 10.9. The third-order valence-corrected chi connectivity index (χ3v) is 3.92. The lowest BCUT2D eigenvalue weighted by molar-refractivity contribution is 0.103. The molecule has 0 saturated heterocycles. The molecule has 0 N–H and O–H groups in total. The highest BCUT2D eigenvalue weighted by Gasteiger charge is 2.21. The van der Waals surface area contributed by atoms with E-state index in [-0.39, 0.29) is 5.56 Å². The number of hydrogen-bond donors (Lipinski definition) is 0. The average molecular weight is 272 g/mol. The Morgan fingerprint density at radius 2 is 1.80 bits per heavy atom. The van der Waals surface area contributed by atoms with Crippen molar-refractivity contribution in [2.75, 3.05) is 0 Å². The average Bonchev–Trinajstić information content (AvgIpc) is 2.40. The molecule has 0 aliphatic heterocycles. The first kappa shape index (κ1) is 13.0. The van der Waals surface area contributed by atoms with Gasteiger partial charge in [-0.1, -0.05) is 30.7 Å². The predicted octanol–water partition coefficient (Wildman–Crippen LogP) is 4.46. The van der Waals surface area contributed by atoms with Crippen molar-refractivity contribution >= 4 is 5.78 Å². The zero-order valence-electron chi connectivity index (χ0n) is 10.9. The van der Waals surface area contributed by atoms with Crippen LogP contribution in [0.1, 0.15) is 46.7 Å². The van der Waals surface area contributed by atoms with Gasteiger partial charge in [0.1, 0.15) is 0 Å². The Bertz CT molecular complexity index is 660. The van der Waals surface area contributed by atoms with Gasteiger partial charge >= 0.3 is 0 Å². The van der Waals surface area contributed by atoms with Crippen molar-refractivity contribution in [2.45, 2.75) is 25.2 Å². The molecule has 0 unspecified atom stereocenters. The third kappa shape index (κ3) is 2.24. The summed E-state index contributed by atoms with van der Waals surface area (Å²) in [6.07, 6.45) is 3.47. The lowest BCUT2D eigenvalue weighted by Gasteiger charge is -2.26. The van der Waals surface area contributed by atoms with Gasteiger partial charge in [0.2, 0.25) is 0 Å². The summed E-state index contributed by atoms with van der Waals surface area (Å²) in [5.74, 6) is -2.04. The molecule has 102 valence electrons. The number of carbonyl (C=O) groups is 1. The molecule has 1 fully saturated rings. The number of rotatable bonds is 3. The summed E-state index contributed by atoms with van der Waals surface area (Å²) in [4.78, 5) is 12.3. The van der Waals surface area contributed by atoms with Gasteiger partial charge in [0.15, 0.2) is 17.4 Å². The molecule has 0 heterocycles. The van der Waals surface area contributed by atoms with E-state index in [1.54, 1.807) is 18.2 Å². The van der Waals surface area contributed by atoms with Gasteiger partial charge < -0.3 is 0 Å². The highest BCUT2D eigenvalue weighted by atomic mass is 19.2. The van der Waals surface area contributed by atoms with Gasteiger partial charge in [-0.05, 0) is 42.5 Å². The molecule has 0 radical (unpaired) electrons. The predicted molar refractivity (Wildman–Crippen MR) is 72.8 cm³/mol. The van der Waals surface area contributed by atoms with Gasteiger partial charge in [-0.3, -0.25) is 4.79 Å². The fourth-order valence-corrected chi connectivity index (χ4v) is 2.51. The second-order valence-electron chi connectivity index (χ2n) is 5.18. The van der Waals surface area contributed by atoms with Crippen molar-refractivity contribution in [1.82, 2.24) is 0 Å². The quantitative estimate of drug-likeness (QED) is 0.754. The van der Waals surface area contributed by atoms with Gasteiger partial charge in [-0.25, -0.2) is 8.78 Å². The summed E-state index contributed by atoms with van der Waals surface area (Å²) >= 11 is 0. The van der Waals surface area contributed by atoms with Crippen LogP contribution in [-0.2, 0) is 0 Å². The third-order valence-electron chi connectivity index (χ3n) is 3.92. The molecule has 1 aliphatic rings. The van der Waals surface area contributed by atoms with Crippen LogP contribution >= 0.6 is 0 Å². The number of hydrogen-bond acceptors (Lipinski definition) is 1. The van der Waals surface area contributed by atoms with Crippen LogP contribution in [0.15, 0.2) is 42.5 Å². The Hall–Kier alpha value is -2.03. The summed E-state index contributed by atoms with van der Waals surface area (Å²) in [6.45, 7) is 0. The van der Waals surface area contributed by atoms with E-state index < -0.39 is 17.4 Å². The van der Waals surface area contributed by atoms with E-state index in [0.717, 1.165) is 24.5 Å². The molecule has 0 aromatic heterocycles. The van der Waals surface area contributed by atoms with Crippen molar-refractivity contribution in [3.63, 3.8) is 0 Å². The van der Waals surface area contributed by atoms with Crippen LogP contribution in [0.25, 0.3) is 0 Å². The van der Waals surface area contributed by atoms with Crippen molar-refractivity contribution in [2.24, 2.45) is 0 Å². The number of carbonyl (C=O) groups excluding carboxylic acids is 1. The summed E-state index contributed by atoms with van der Waals surface area (Å²) in [6, 6.07) is 10.9. The minimum absolute atomic E-state index is 0.212. The fraction of sp³-hybridized carbons (Fsp3) is 0.235. The number of ketones is 1. The fourth-order valence-electron chi connectivity index (χ4n) is 2.51. The van der Waals surface area contributed by atoms with E-state index in [1.807, 2.05) is 6.07 Å². The Balaban J connectivity index is 1.95. The minimum atomic E-state index is -1.08. The Kier molecular flexibility index (Phi) is 3.35. The van der Waals surface area contributed by atoms with Crippen LogP contribution in [0.3, 0.4) is 0 Å². The van der Waals surface area contributed by atoms with Gasteiger partial charge in [0.05, 0.1) is 5.56 Å². The second kappa shape index (κ2) is 5.16. The smallest absolute Gasteiger partial charge is 0.196 e. The second-order valence-corrected chi connectivity index (χ2v) is 5.18. The molecule has 20 heavy (non-hydrogen) atoms. The molecule has 3 heteroatoms. The van der Waals surface area contributed by atoms with Gasteiger partial charge in [-0.15, -0.1) is 0 Å². The molecule has 1 nitrogen and oxygen atoms in total. The molecule has 2 aromatic rings. The Morgan fingerprint density at radius 3 is 2.50 bits per heavy atom. The molecular formula is C17H14F2O. The van der Waals surface area contributed by atoms with E-state index in [1.165, 1.54) is 18.6 Å². The van der Waals surface area contributed by atoms with Gasteiger partial charge in [0.25, 0.3) is 0 Å². The summed E-state index contributed by atoms with van der Waals surface area (Å²) in [5, 5.41) is 0. The summed E-state index contributed by atoms with van der Waals surface area (Å²) in [5.41, 5.74) is 1.31. The van der Waals surface area contributed by atoms with Crippen LogP contribution in [0, 0.1) is 11.6 Å². The van der Waals surface area contributed by atoms with Crippen molar-refractivity contribution in [3.05, 3.63) is 70.8 Å². The highest BCUT2D eigenvalue weighted by Crippen LogP contribution is 2.36. The summed E-state index contributed by atoms with van der Waals surface area (Å²) < 4.78 is 26.9. The lowest BCUT2D eigenvalue weighted by Crippen LogP contribution is -2.11. The molecular weight excluding hydrogens is 258 g/mol. The van der Waals surface area contributed by atoms with Crippen LogP contribution < -0.4 is 0 Å². The molecule has 1 aliphatic carbocycles. The molecule has 2 aromatic carbocycles. The summed E-state index contributed by atoms with van der Waals surface area (Å²) in [7, 11) is 0. The first-order valence-electron chi connectivity index (χ1n) is 6.75. The molecule has 0 spiro atoms. The van der Waals surface area contributed by atoms with Crippen LogP contribution in [0.5, 0.6) is 0 Å². The molecule has 0 bridgehead atoms. The number of benzene rings is 2. The molecule has 0 amide bonds. The maximum absolute atomic E-state index is 13.7. The zero-order chi connectivity index (χ0) is 14.1. The van der Waals surface area contributed by atoms with Crippen molar-refractivity contribution < 1.29 is 13.6 Å². The first-order valence-corrected chi connectivity index (χ1v) is 6.75. The Labute approximate surface area is 116 Å². The molecule has 3 rings (SSSR count). The van der Waals surface area contributed by atoms with Gasteiger partial charge in [-0.2, -0.15) is 0 Å². The van der Waals surface area contributed by atoms with E-state index in [2.05, 4.69) is 0 Å². The minimum Gasteiger partial charge on any atom is -0.288 e. The largest absolute Gasteiger partial charge is 0.288 e. The molecule has 0 atom stereocenters. The maximum atomic E-state index is 13.7. The normalized spacial score (nSPS) is 14.9. The van der Waals surface area contributed by atoms with E-state index >= 15 is 0 Å². The van der Waals surface area contributed by atoms with Gasteiger partial charge in [0, 0.05) is 5.56 Å². The van der Waals surface area contributed by atoms with Crippen molar-refractivity contribution in [3.8, 4) is 0 Å². The highest BCUT2D eigenvalue weighted by molar-refractivity contribution is 6.09. The number of halogens is 2. The van der Waals surface area contributed by atoms with Crippen LogP contribution in [0.4, 0.5) is 8.78 Å². The SMILES string of the molecule is O=C(c1cccc(C2CCC2)c1)c1cccc(F)c1F. The van der Waals surface area contributed by atoms with Crippen LogP contribution in [-0.4, -0.2) is 5.78 Å². The Morgan fingerprint density at radius 1 is 1.05 bits per heavy atom. The monoisotopic (exact) mass is 272 g/mol. The van der Waals surface area contributed by atoms with Crippen molar-refractivity contribution in [1.29, 1.82) is 0 Å².